The number of hydrogen-bond donors (Lipinski definition) is 2. The Balaban J connectivity index is 2.43. The van der Waals surface area contributed by atoms with Crippen molar-refractivity contribution < 1.29 is 9.90 Å². The maximum atomic E-state index is 10.4. The Morgan fingerprint density at radius 3 is 2.87 bits per heavy atom. The Morgan fingerprint density at radius 2 is 2.40 bits per heavy atom. The van der Waals surface area contributed by atoms with Gasteiger partial charge in [-0.15, -0.1) is 0 Å². The minimum Gasteiger partial charge on any atom is -0.481 e. The molecule has 0 bridgehead atoms. The Bertz CT molecular complexity index is 346. The molecule has 0 radical (unpaired) electrons. The molecule has 0 saturated carbocycles. The SMILES string of the molecule is Cc1nn(C)cc1CNC(C)CC(=O)O. The van der Waals surface area contributed by atoms with Gasteiger partial charge in [0.1, 0.15) is 0 Å². The van der Waals surface area contributed by atoms with E-state index in [2.05, 4.69) is 10.4 Å². The number of aromatic nitrogens is 2. The smallest absolute Gasteiger partial charge is 0.304 e. The Labute approximate surface area is 89.1 Å². The molecule has 1 rings (SSSR count). The summed E-state index contributed by atoms with van der Waals surface area (Å²) in [6, 6.07) is -0.0258. The van der Waals surface area contributed by atoms with Crippen LogP contribution in [0.25, 0.3) is 0 Å². The maximum Gasteiger partial charge on any atom is 0.304 e. The number of carboxylic acid groups (broad SMARTS) is 1. The molecule has 1 heterocycles. The standard InChI is InChI=1S/C10H17N3O2/c1-7(4-10(14)15)11-5-9-6-13(3)12-8(9)2/h6-7,11H,4-5H2,1-3H3,(H,14,15). The molecule has 5 nitrogen and oxygen atoms in total. The zero-order valence-corrected chi connectivity index (χ0v) is 9.32. The van der Waals surface area contributed by atoms with Crippen LogP contribution in [0.5, 0.6) is 0 Å². The van der Waals surface area contributed by atoms with Crippen LogP contribution in [-0.4, -0.2) is 26.9 Å². The lowest BCUT2D eigenvalue weighted by atomic mass is 10.2. The number of hydrogen-bond acceptors (Lipinski definition) is 3. The van der Waals surface area contributed by atoms with Crippen LogP contribution < -0.4 is 5.32 Å². The van der Waals surface area contributed by atoms with Crippen molar-refractivity contribution in [1.82, 2.24) is 15.1 Å². The van der Waals surface area contributed by atoms with Gasteiger partial charge in [-0.1, -0.05) is 0 Å². The van der Waals surface area contributed by atoms with Gasteiger partial charge in [-0.2, -0.15) is 5.10 Å². The van der Waals surface area contributed by atoms with Crippen molar-refractivity contribution in [3.05, 3.63) is 17.5 Å². The first-order valence-corrected chi connectivity index (χ1v) is 4.93. The summed E-state index contributed by atoms with van der Waals surface area (Å²) in [5.74, 6) is -0.780. The molecule has 1 atom stereocenters. The molecule has 0 saturated heterocycles. The molecule has 1 aromatic heterocycles. The van der Waals surface area contributed by atoms with Crippen LogP contribution in [0.2, 0.25) is 0 Å². The second kappa shape index (κ2) is 4.93. The van der Waals surface area contributed by atoms with Crippen molar-refractivity contribution in [3.63, 3.8) is 0 Å². The van der Waals surface area contributed by atoms with Crippen molar-refractivity contribution in [2.75, 3.05) is 0 Å². The summed E-state index contributed by atoms with van der Waals surface area (Å²) < 4.78 is 1.76. The summed E-state index contributed by atoms with van der Waals surface area (Å²) in [5, 5.41) is 15.9. The minimum absolute atomic E-state index is 0.0258. The van der Waals surface area contributed by atoms with Crippen LogP contribution in [0.3, 0.4) is 0 Å². The van der Waals surface area contributed by atoms with E-state index < -0.39 is 5.97 Å². The number of carboxylic acids is 1. The number of aliphatic carboxylic acids is 1. The molecule has 15 heavy (non-hydrogen) atoms. The van der Waals surface area contributed by atoms with E-state index >= 15 is 0 Å². The molecule has 0 spiro atoms. The first-order chi connectivity index (χ1) is 6.99. The van der Waals surface area contributed by atoms with Crippen molar-refractivity contribution in [3.8, 4) is 0 Å². The van der Waals surface area contributed by atoms with E-state index in [0.717, 1.165) is 11.3 Å². The normalized spacial score (nSPS) is 12.7. The number of aryl methyl sites for hydroxylation is 2. The molecule has 2 N–H and O–H groups in total. The van der Waals surface area contributed by atoms with E-state index in [1.165, 1.54) is 0 Å². The summed E-state index contributed by atoms with van der Waals surface area (Å²) in [6.45, 7) is 4.47. The zero-order valence-electron chi connectivity index (χ0n) is 9.32. The third-order valence-electron chi connectivity index (χ3n) is 2.24. The van der Waals surface area contributed by atoms with Gasteiger partial charge in [0.05, 0.1) is 12.1 Å². The Morgan fingerprint density at radius 1 is 1.73 bits per heavy atom. The van der Waals surface area contributed by atoms with Crippen LogP contribution in [0, 0.1) is 6.92 Å². The zero-order chi connectivity index (χ0) is 11.4. The molecule has 84 valence electrons. The van der Waals surface area contributed by atoms with Gasteiger partial charge < -0.3 is 10.4 Å². The van der Waals surface area contributed by atoms with Gasteiger partial charge in [-0.25, -0.2) is 0 Å². The summed E-state index contributed by atoms with van der Waals surface area (Å²) in [6.07, 6.45) is 2.08. The highest BCUT2D eigenvalue weighted by Crippen LogP contribution is 2.04. The van der Waals surface area contributed by atoms with Gasteiger partial charge in [-0.05, 0) is 13.8 Å². The van der Waals surface area contributed by atoms with Crippen LogP contribution >= 0.6 is 0 Å². The highest BCUT2D eigenvalue weighted by Gasteiger charge is 2.08. The molecular weight excluding hydrogens is 194 g/mol. The number of nitrogens with zero attached hydrogens (tertiary/aromatic N) is 2. The van der Waals surface area contributed by atoms with Gasteiger partial charge in [0.15, 0.2) is 0 Å². The minimum atomic E-state index is -0.780. The largest absolute Gasteiger partial charge is 0.481 e. The van der Waals surface area contributed by atoms with Crippen LogP contribution in [0.1, 0.15) is 24.6 Å². The second-order valence-electron chi connectivity index (χ2n) is 3.79. The van der Waals surface area contributed by atoms with Crippen LogP contribution in [0.4, 0.5) is 0 Å². The molecule has 0 aliphatic heterocycles. The van der Waals surface area contributed by atoms with Gasteiger partial charge in [-0.3, -0.25) is 9.48 Å². The molecule has 0 amide bonds. The number of carbonyl (C=O) groups is 1. The van der Waals surface area contributed by atoms with Crippen molar-refractivity contribution in [2.45, 2.75) is 32.9 Å². The molecule has 5 heteroatoms. The van der Waals surface area contributed by atoms with E-state index in [9.17, 15) is 4.79 Å². The average Bonchev–Trinajstić information content (AvgIpc) is 2.40. The third kappa shape index (κ3) is 3.71. The van der Waals surface area contributed by atoms with E-state index in [4.69, 9.17) is 5.11 Å². The summed E-state index contributed by atoms with van der Waals surface area (Å²) in [5.41, 5.74) is 2.09. The van der Waals surface area contributed by atoms with Crippen molar-refractivity contribution >= 4 is 5.97 Å². The topological polar surface area (TPSA) is 67.2 Å². The highest BCUT2D eigenvalue weighted by molar-refractivity contribution is 5.67. The molecule has 0 aromatic carbocycles. The lowest BCUT2D eigenvalue weighted by Crippen LogP contribution is -2.28. The van der Waals surface area contributed by atoms with E-state index in [-0.39, 0.29) is 12.5 Å². The fourth-order valence-corrected chi connectivity index (χ4v) is 1.44. The molecule has 1 unspecified atom stereocenters. The third-order valence-corrected chi connectivity index (χ3v) is 2.24. The average molecular weight is 211 g/mol. The first kappa shape index (κ1) is 11.7. The Kier molecular flexibility index (Phi) is 3.85. The van der Waals surface area contributed by atoms with E-state index in [1.807, 2.05) is 27.1 Å². The predicted molar refractivity (Wildman–Crippen MR) is 56.5 cm³/mol. The fraction of sp³-hybridized carbons (Fsp3) is 0.600. The number of nitrogens with one attached hydrogen (secondary N) is 1. The predicted octanol–water partition coefficient (Wildman–Crippen LogP) is 0.681. The van der Waals surface area contributed by atoms with Gasteiger partial charge in [0.25, 0.3) is 0 Å². The lowest BCUT2D eigenvalue weighted by molar-refractivity contribution is -0.137. The molecular formula is C10H17N3O2. The van der Waals surface area contributed by atoms with Gasteiger partial charge in [0.2, 0.25) is 0 Å². The van der Waals surface area contributed by atoms with Crippen LogP contribution in [-0.2, 0) is 18.4 Å². The molecule has 0 aliphatic rings. The van der Waals surface area contributed by atoms with Gasteiger partial charge >= 0.3 is 5.97 Å². The number of rotatable bonds is 5. The van der Waals surface area contributed by atoms with Crippen molar-refractivity contribution in [2.24, 2.45) is 7.05 Å². The van der Waals surface area contributed by atoms with Crippen molar-refractivity contribution in [1.29, 1.82) is 0 Å². The first-order valence-electron chi connectivity index (χ1n) is 4.93. The summed E-state index contributed by atoms with van der Waals surface area (Å²) in [7, 11) is 1.87. The monoisotopic (exact) mass is 211 g/mol. The Hall–Kier alpha value is -1.36. The highest BCUT2D eigenvalue weighted by atomic mass is 16.4. The quantitative estimate of drug-likeness (QED) is 0.751. The summed E-state index contributed by atoms with van der Waals surface area (Å²) >= 11 is 0. The molecule has 0 fully saturated rings. The second-order valence-corrected chi connectivity index (χ2v) is 3.79. The maximum absolute atomic E-state index is 10.4. The lowest BCUT2D eigenvalue weighted by Gasteiger charge is -2.10. The molecule has 0 aliphatic carbocycles. The molecule has 1 aromatic rings. The van der Waals surface area contributed by atoms with E-state index in [1.54, 1.807) is 4.68 Å². The van der Waals surface area contributed by atoms with Gasteiger partial charge in [0, 0.05) is 31.4 Å². The fourth-order valence-electron chi connectivity index (χ4n) is 1.44. The van der Waals surface area contributed by atoms with Crippen LogP contribution in [0.15, 0.2) is 6.20 Å². The summed E-state index contributed by atoms with van der Waals surface area (Å²) in [4.78, 5) is 10.4. The van der Waals surface area contributed by atoms with E-state index in [0.29, 0.717) is 6.54 Å².